The molecule has 0 atom stereocenters. The molecule has 1 aromatic heterocycles. The monoisotopic (exact) mass is 448 g/mol. The molecule has 2 aromatic rings. The van der Waals surface area contributed by atoms with E-state index in [4.69, 9.17) is 4.98 Å². The number of hydrogen-bond donors (Lipinski definition) is 0. The van der Waals surface area contributed by atoms with E-state index in [-0.39, 0.29) is 43.0 Å². The number of carbonyl (C=O) groups excluding carboxylic acids is 4. The summed E-state index contributed by atoms with van der Waals surface area (Å²) in [6, 6.07) is 6.07. The molecule has 3 aliphatic rings. The Morgan fingerprint density at radius 1 is 0.909 bits per heavy atom. The van der Waals surface area contributed by atoms with E-state index in [9.17, 15) is 19.2 Å². The van der Waals surface area contributed by atoms with Crippen LogP contribution in [-0.2, 0) is 27.2 Å². The molecule has 33 heavy (non-hydrogen) atoms. The van der Waals surface area contributed by atoms with Crippen molar-refractivity contribution in [3.63, 3.8) is 0 Å². The fourth-order valence-electron chi connectivity index (χ4n) is 5.13. The third kappa shape index (κ3) is 3.98. The van der Waals surface area contributed by atoms with Crippen LogP contribution in [-0.4, -0.2) is 76.0 Å². The van der Waals surface area contributed by atoms with Crippen LogP contribution >= 0.6 is 0 Å². The Kier molecular flexibility index (Phi) is 5.60. The number of carbonyl (C=O) groups is 4. The molecular weight excluding hydrogens is 420 g/mol. The number of likely N-dealkylation sites (tertiary alicyclic amines) is 1. The van der Waals surface area contributed by atoms with E-state index in [1.165, 1.54) is 0 Å². The van der Waals surface area contributed by atoms with Gasteiger partial charge in [-0.15, -0.1) is 0 Å². The maximum atomic E-state index is 13.7. The molecule has 2 aliphatic heterocycles. The molecule has 172 valence electrons. The van der Waals surface area contributed by atoms with Gasteiger partial charge in [-0.2, -0.15) is 0 Å². The molecule has 2 saturated heterocycles. The number of aromatic nitrogens is 1. The lowest BCUT2D eigenvalue weighted by molar-refractivity contribution is -0.146. The predicted molar refractivity (Wildman–Crippen MR) is 122 cm³/mol. The van der Waals surface area contributed by atoms with Crippen molar-refractivity contribution in [3.05, 3.63) is 40.6 Å². The summed E-state index contributed by atoms with van der Waals surface area (Å²) in [5.74, 6) is -0.810. The molecule has 0 spiro atoms. The molecule has 3 heterocycles. The highest BCUT2D eigenvalue weighted by molar-refractivity contribution is 6.08. The van der Waals surface area contributed by atoms with Gasteiger partial charge in [0.15, 0.2) is 0 Å². The Morgan fingerprint density at radius 2 is 1.58 bits per heavy atom. The van der Waals surface area contributed by atoms with Gasteiger partial charge >= 0.3 is 0 Å². The predicted octanol–water partition coefficient (Wildman–Crippen LogP) is 1.86. The van der Waals surface area contributed by atoms with Crippen LogP contribution in [0.4, 0.5) is 0 Å². The molecule has 1 aliphatic carbocycles. The highest BCUT2D eigenvalue weighted by atomic mass is 16.2. The lowest BCUT2D eigenvalue weighted by Crippen LogP contribution is -2.53. The van der Waals surface area contributed by atoms with Gasteiger partial charge < -0.3 is 9.80 Å². The number of piperazine rings is 1. The number of amides is 4. The van der Waals surface area contributed by atoms with E-state index in [1.54, 1.807) is 4.90 Å². The van der Waals surface area contributed by atoms with Crippen LogP contribution in [0.1, 0.15) is 52.9 Å². The van der Waals surface area contributed by atoms with Gasteiger partial charge in [-0.1, -0.05) is 11.6 Å². The second-order valence-electron chi connectivity index (χ2n) is 9.19. The van der Waals surface area contributed by atoms with Crippen molar-refractivity contribution in [1.29, 1.82) is 0 Å². The topological polar surface area (TPSA) is 90.9 Å². The van der Waals surface area contributed by atoms with Crippen molar-refractivity contribution in [3.8, 4) is 0 Å². The lowest BCUT2D eigenvalue weighted by atomic mass is 9.89. The number of imide groups is 1. The molecule has 4 amide bonds. The number of nitrogens with zero attached hydrogens (tertiary/aromatic N) is 4. The van der Waals surface area contributed by atoms with Crippen LogP contribution in [0.2, 0.25) is 0 Å². The summed E-state index contributed by atoms with van der Waals surface area (Å²) >= 11 is 0. The Balaban J connectivity index is 1.34. The quantitative estimate of drug-likeness (QED) is 0.669. The number of aryl methyl sites for hydroxylation is 2. The molecule has 0 saturated carbocycles. The second kappa shape index (κ2) is 8.57. The standard InChI is InChI=1S/C25H28N4O4/c1-16-6-7-20-18(14-16)24(17-4-2-3-5-19(17)26-20)25(33)28-12-10-27(11-13-28)23(32)15-29-21(30)8-9-22(29)31/h6-7,14H,2-5,8-13,15H2,1H3. The van der Waals surface area contributed by atoms with E-state index in [1.807, 2.05) is 30.0 Å². The van der Waals surface area contributed by atoms with Crippen molar-refractivity contribution >= 4 is 34.5 Å². The third-order valence-electron chi connectivity index (χ3n) is 7.00. The van der Waals surface area contributed by atoms with E-state index in [2.05, 4.69) is 0 Å². The Bertz CT molecular complexity index is 1150. The van der Waals surface area contributed by atoms with Gasteiger partial charge in [0.05, 0.1) is 11.1 Å². The molecule has 5 rings (SSSR count). The second-order valence-corrected chi connectivity index (χ2v) is 9.19. The SMILES string of the molecule is Cc1ccc2nc3c(c(C(=O)N4CCN(C(=O)CN5C(=O)CCC5=O)CC4)c2c1)CCCC3. The van der Waals surface area contributed by atoms with Gasteiger partial charge in [-0.3, -0.25) is 29.1 Å². The van der Waals surface area contributed by atoms with Crippen molar-refractivity contribution in [2.24, 2.45) is 0 Å². The number of pyridine rings is 1. The van der Waals surface area contributed by atoms with Gasteiger partial charge in [0.1, 0.15) is 6.54 Å². The molecule has 2 fully saturated rings. The van der Waals surface area contributed by atoms with Crippen LogP contribution in [0.15, 0.2) is 18.2 Å². The number of rotatable bonds is 3. The smallest absolute Gasteiger partial charge is 0.255 e. The first-order chi connectivity index (χ1) is 15.9. The van der Waals surface area contributed by atoms with E-state index >= 15 is 0 Å². The summed E-state index contributed by atoms with van der Waals surface area (Å²) < 4.78 is 0. The lowest BCUT2D eigenvalue weighted by Gasteiger charge is -2.36. The van der Waals surface area contributed by atoms with Gasteiger partial charge in [0.2, 0.25) is 17.7 Å². The molecule has 1 aromatic carbocycles. The first-order valence-corrected chi connectivity index (χ1v) is 11.7. The molecule has 8 nitrogen and oxygen atoms in total. The number of benzene rings is 1. The zero-order valence-electron chi connectivity index (χ0n) is 18.9. The average molecular weight is 449 g/mol. The van der Waals surface area contributed by atoms with Gasteiger partial charge in [0, 0.05) is 50.1 Å². The normalized spacial score (nSPS) is 18.8. The number of fused-ring (bicyclic) bond motifs is 2. The summed E-state index contributed by atoms with van der Waals surface area (Å²) in [5.41, 5.74) is 4.84. The van der Waals surface area contributed by atoms with Crippen LogP contribution < -0.4 is 0 Å². The third-order valence-corrected chi connectivity index (χ3v) is 7.00. The van der Waals surface area contributed by atoms with Crippen LogP contribution in [0.5, 0.6) is 0 Å². The van der Waals surface area contributed by atoms with Crippen LogP contribution in [0.3, 0.4) is 0 Å². The molecular formula is C25H28N4O4. The van der Waals surface area contributed by atoms with E-state index in [0.717, 1.165) is 63.9 Å². The van der Waals surface area contributed by atoms with Crippen molar-refractivity contribution in [2.45, 2.75) is 45.4 Å². The molecule has 0 radical (unpaired) electrons. The minimum Gasteiger partial charge on any atom is -0.338 e. The minimum atomic E-state index is -0.285. The zero-order chi connectivity index (χ0) is 23.1. The summed E-state index contributed by atoms with van der Waals surface area (Å²) in [6.45, 7) is 3.46. The fraction of sp³-hybridized carbons (Fsp3) is 0.480. The summed E-state index contributed by atoms with van der Waals surface area (Å²) in [5, 5.41) is 0.908. The van der Waals surface area contributed by atoms with Crippen LogP contribution in [0.25, 0.3) is 10.9 Å². The molecule has 8 heteroatoms. The molecule has 0 bridgehead atoms. The Hall–Kier alpha value is -3.29. The first-order valence-electron chi connectivity index (χ1n) is 11.7. The number of hydrogen-bond acceptors (Lipinski definition) is 5. The zero-order valence-corrected chi connectivity index (χ0v) is 18.9. The van der Waals surface area contributed by atoms with E-state index < -0.39 is 0 Å². The average Bonchev–Trinajstić information content (AvgIpc) is 3.14. The molecule has 0 unspecified atom stereocenters. The Labute approximate surface area is 192 Å². The fourth-order valence-corrected chi connectivity index (χ4v) is 5.13. The van der Waals surface area contributed by atoms with Gasteiger partial charge in [-0.25, -0.2) is 0 Å². The van der Waals surface area contributed by atoms with Crippen molar-refractivity contribution in [1.82, 2.24) is 19.7 Å². The Morgan fingerprint density at radius 3 is 2.30 bits per heavy atom. The first kappa shape index (κ1) is 21.6. The van der Waals surface area contributed by atoms with Gasteiger partial charge in [-0.05, 0) is 50.3 Å². The summed E-state index contributed by atoms with van der Waals surface area (Å²) in [7, 11) is 0. The summed E-state index contributed by atoms with van der Waals surface area (Å²) in [4.78, 5) is 59.4. The van der Waals surface area contributed by atoms with Crippen molar-refractivity contribution < 1.29 is 19.2 Å². The summed E-state index contributed by atoms with van der Waals surface area (Å²) in [6.07, 6.45) is 4.27. The van der Waals surface area contributed by atoms with Gasteiger partial charge in [0.25, 0.3) is 5.91 Å². The van der Waals surface area contributed by atoms with Crippen LogP contribution in [0, 0.1) is 6.92 Å². The maximum absolute atomic E-state index is 13.7. The highest BCUT2D eigenvalue weighted by Crippen LogP contribution is 2.31. The largest absolute Gasteiger partial charge is 0.338 e. The van der Waals surface area contributed by atoms with Crippen molar-refractivity contribution in [2.75, 3.05) is 32.7 Å². The molecule has 0 N–H and O–H groups in total. The highest BCUT2D eigenvalue weighted by Gasteiger charge is 2.34. The van der Waals surface area contributed by atoms with E-state index in [0.29, 0.717) is 26.2 Å². The minimum absolute atomic E-state index is 0.00291. The maximum Gasteiger partial charge on any atom is 0.255 e.